The highest BCUT2D eigenvalue weighted by Gasteiger charge is 2.66. The van der Waals surface area contributed by atoms with Gasteiger partial charge in [0.05, 0.1) is 0 Å². The smallest absolute Gasteiger partial charge is 0.355 e. The van der Waals surface area contributed by atoms with Gasteiger partial charge in [0.15, 0.2) is 22.5 Å². The van der Waals surface area contributed by atoms with E-state index in [-0.39, 0.29) is 64.6 Å². The third kappa shape index (κ3) is 9.12. The number of amides is 7. The van der Waals surface area contributed by atoms with E-state index >= 15 is 0 Å². The monoisotopic (exact) mass is 866 g/mol. The number of esters is 4. The van der Waals surface area contributed by atoms with Crippen LogP contribution < -0.4 is 25.4 Å². The summed E-state index contributed by atoms with van der Waals surface area (Å²) in [7, 11) is 0. The van der Waals surface area contributed by atoms with Crippen molar-refractivity contribution in [3.05, 3.63) is 33.4 Å². The Hall–Kier alpha value is -5.51. The molecule has 0 spiro atoms. The molecule has 3 atom stereocenters. The first-order valence-electron chi connectivity index (χ1n) is 16.9. The Morgan fingerprint density at radius 2 is 1.61 bits per heavy atom. The van der Waals surface area contributed by atoms with Crippen LogP contribution in [0.3, 0.4) is 0 Å². The van der Waals surface area contributed by atoms with Crippen molar-refractivity contribution in [3.63, 3.8) is 0 Å². The lowest BCUT2D eigenvalue weighted by molar-refractivity contribution is -0.166. The Kier molecular flexibility index (Phi) is 13.2. The van der Waals surface area contributed by atoms with Crippen LogP contribution in [0.15, 0.2) is 27.9 Å². The van der Waals surface area contributed by atoms with Gasteiger partial charge in [-0.15, -0.1) is 11.8 Å². The molecule has 1 aromatic carbocycles. The fourth-order valence-electron chi connectivity index (χ4n) is 5.79. The van der Waals surface area contributed by atoms with Crippen LogP contribution in [0.4, 0.5) is 4.79 Å². The molecule has 0 saturated carbocycles. The molecule has 20 nitrogen and oxygen atoms in total. The molecule has 2 unspecified atom stereocenters. The number of nitrogens with zero attached hydrogens (tertiary/aromatic N) is 3. The molecule has 4 rings (SSSR count). The molecule has 0 radical (unpaired) electrons. The van der Waals surface area contributed by atoms with Crippen molar-refractivity contribution in [2.75, 3.05) is 32.0 Å². The first-order valence-corrected chi connectivity index (χ1v) is 18.6. The predicted octanol–water partition coefficient (Wildman–Crippen LogP) is 0.374. The number of benzene rings is 1. The van der Waals surface area contributed by atoms with Crippen LogP contribution in [0, 0.1) is 0 Å². The summed E-state index contributed by atoms with van der Waals surface area (Å²) in [6.45, 7) is 9.23. The second-order valence-electron chi connectivity index (χ2n) is 13.3. The molecule has 302 valence electrons. The molecular weight excluding hydrogens is 828 g/mol. The maximum atomic E-state index is 14.4. The lowest BCUT2D eigenvalue weighted by atomic mass is 9.96. The van der Waals surface area contributed by atoms with Gasteiger partial charge in [0, 0.05) is 61.8 Å². The van der Waals surface area contributed by atoms with Crippen LogP contribution in [0.2, 0.25) is 0 Å². The summed E-state index contributed by atoms with van der Waals surface area (Å²) in [5, 5.41) is 7.39. The number of fused-ring (bicyclic) bond motifs is 1. The van der Waals surface area contributed by atoms with E-state index in [9.17, 15) is 47.9 Å². The van der Waals surface area contributed by atoms with Gasteiger partial charge in [0.1, 0.15) is 23.9 Å². The summed E-state index contributed by atoms with van der Waals surface area (Å²) >= 11 is 4.17. The first kappa shape index (κ1) is 43.2. The molecule has 3 N–H and O–H groups in total. The van der Waals surface area contributed by atoms with Crippen molar-refractivity contribution in [2.24, 2.45) is 0 Å². The highest BCUT2D eigenvalue weighted by molar-refractivity contribution is 9.10. The maximum Gasteiger partial charge on any atom is 0.355 e. The Labute approximate surface area is 332 Å². The van der Waals surface area contributed by atoms with Crippen LogP contribution in [-0.2, 0) is 52.6 Å². The van der Waals surface area contributed by atoms with Gasteiger partial charge in [0.25, 0.3) is 5.91 Å². The summed E-state index contributed by atoms with van der Waals surface area (Å²) in [5.41, 5.74) is -1.36. The van der Waals surface area contributed by atoms with Crippen LogP contribution in [-0.4, -0.2) is 123 Å². The second-order valence-corrected chi connectivity index (χ2v) is 15.4. The summed E-state index contributed by atoms with van der Waals surface area (Å²) in [4.78, 5) is 130. The largest absolute Gasteiger partial charge is 0.461 e. The van der Waals surface area contributed by atoms with E-state index in [4.69, 9.17) is 18.9 Å². The lowest BCUT2D eigenvalue weighted by Gasteiger charge is -2.58. The number of imide groups is 1. The maximum absolute atomic E-state index is 14.4. The molecule has 0 bridgehead atoms. The average Bonchev–Trinajstić information content (AvgIpc) is 3.09. The summed E-state index contributed by atoms with van der Waals surface area (Å²) < 4.78 is 21.0. The van der Waals surface area contributed by atoms with E-state index in [1.807, 2.05) is 0 Å². The number of β-lactam (4-membered cyclic amide) rings is 1. The summed E-state index contributed by atoms with van der Waals surface area (Å²) in [6, 6.07) is -2.41. The molecule has 3 aliphatic rings. The Bertz CT molecular complexity index is 1930. The van der Waals surface area contributed by atoms with E-state index in [2.05, 4.69) is 31.9 Å². The van der Waals surface area contributed by atoms with Gasteiger partial charge in [0.2, 0.25) is 12.3 Å². The number of hydrogen-bond acceptors (Lipinski definition) is 15. The number of carbonyl (C=O) groups is 10. The topological polar surface area (TPSA) is 253 Å². The molecule has 3 aliphatic heterocycles. The molecule has 0 aromatic heterocycles. The molecular formula is C34H39BrN6O14S. The Balaban J connectivity index is 1.79. The molecule has 7 amide bonds. The summed E-state index contributed by atoms with van der Waals surface area (Å²) in [5.74, 6) is -8.22. The Morgan fingerprint density at radius 1 is 0.982 bits per heavy atom. The SMILES string of the molecule is CCN1CCN(C(=O)NC(C(=O)N[C@@H]2C(=O)N3C(C(=O)OC(C)(C)C)=C(COC(C)=O)CSC23NC=O)c2cc(OC(C)=O)c(OC(C)=O)cc2Br)C(=O)C1=O. The van der Waals surface area contributed by atoms with E-state index in [1.54, 1.807) is 27.7 Å². The molecule has 3 heterocycles. The van der Waals surface area contributed by atoms with Gasteiger partial charge in [-0.2, -0.15) is 0 Å². The van der Waals surface area contributed by atoms with E-state index in [0.29, 0.717) is 4.90 Å². The van der Waals surface area contributed by atoms with Crippen molar-refractivity contribution in [1.29, 1.82) is 0 Å². The standard InChI is InChI=1S/C34H39BrN6O14S/c1-8-39-9-10-40(30(49)29(39)48)32(51)37-24(20-11-22(53-17(3)44)23(12-21(20)35)54-18(4)45)27(46)38-26-28(47)41-25(31(50)55-33(5,6)7)19(13-52-16(2)43)14-56-34(26,41)36-15-42/h11-12,15,24,26H,8-10,13-14H2,1-7H3,(H,36,42)(H,37,51)(H,38,46)/t24?,26-,34?/m1/s1. The Morgan fingerprint density at radius 3 is 2.16 bits per heavy atom. The fourth-order valence-corrected chi connectivity index (χ4v) is 7.72. The second kappa shape index (κ2) is 17.1. The highest BCUT2D eigenvalue weighted by atomic mass is 79.9. The average molecular weight is 868 g/mol. The molecule has 22 heteroatoms. The quantitative estimate of drug-likeness (QED) is 0.0844. The zero-order valence-corrected chi connectivity index (χ0v) is 33.7. The van der Waals surface area contributed by atoms with Crippen molar-refractivity contribution in [1.82, 2.24) is 30.7 Å². The third-order valence-corrected chi connectivity index (χ3v) is 10.3. The van der Waals surface area contributed by atoms with Crippen molar-refractivity contribution in [3.8, 4) is 11.5 Å². The first-order chi connectivity index (χ1) is 26.1. The summed E-state index contributed by atoms with van der Waals surface area (Å²) in [6.07, 6.45) is 0.239. The van der Waals surface area contributed by atoms with Gasteiger partial charge < -0.3 is 39.8 Å². The highest BCUT2D eigenvalue weighted by Crippen LogP contribution is 2.48. The number of ether oxygens (including phenoxy) is 4. The van der Waals surface area contributed by atoms with E-state index in [1.165, 1.54) is 11.0 Å². The minimum atomic E-state index is -1.85. The number of rotatable bonds is 12. The van der Waals surface area contributed by atoms with Gasteiger partial charge in [-0.25, -0.2) is 9.59 Å². The van der Waals surface area contributed by atoms with Gasteiger partial charge in [-0.1, -0.05) is 15.9 Å². The van der Waals surface area contributed by atoms with Crippen molar-refractivity contribution >= 4 is 87.6 Å². The molecule has 56 heavy (non-hydrogen) atoms. The minimum absolute atomic E-state index is 0.000799. The number of halogens is 1. The zero-order valence-electron chi connectivity index (χ0n) is 31.3. The van der Waals surface area contributed by atoms with Crippen LogP contribution in [0.25, 0.3) is 0 Å². The molecule has 2 saturated heterocycles. The normalized spacial score (nSPS) is 19.9. The number of nitrogens with one attached hydrogen (secondary N) is 3. The van der Waals surface area contributed by atoms with Crippen LogP contribution in [0.1, 0.15) is 60.1 Å². The number of carbonyl (C=O) groups excluding carboxylic acids is 10. The zero-order chi connectivity index (χ0) is 41.9. The molecule has 0 aliphatic carbocycles. The van der Waals surface area contributed by atoms with Gasteiger partial charge >= 0.3 is 41.7 Å². The fraction of sp³-hybridized carbons (Fsp3) is 0.471. The molecule has 2 fully saturated rings. The van der Waals surface area contributed by atoms with Gasteiger partial charge in [-0.3, -0.25) is 48.2 Å². The number of likely N-dealkylation sites (N-methyl/N-ethyl adjacent to an activating group) is 1. The van der Waals surface area contributed by atoms with E-state index < -0.39 is 82.8 Å². The number of thioether (sulfide) groups is 1. The van der Waals surface area contributed by atoms with E-state index in [0.717, 1.165) is 43.5 Å². The van der Waals surface area contributed by atoms with Crippen molar-refractivity contribution in [2.45, 2.75) is 71.1 Å². The lowest BCUT2D eigenvalue weighted by Crippen LogP contribution is -2.83. The van der Waals surface area contributed by atoms with Crippen molar-refractivity contribution < 1.29 is 66.9 Å². The number of urea groups is 1. The van der Waals surface area contributed by atoms with Crippen LogP contribution >= 0.6 is 27.7 Å². The minimum Gasteiger partial charge on any atom is -0.461 e. The van der Waals surface area contributed by atoms with Gasteiger partial charge in [-0.05, 0) is 39.8 Å². The number of piperazine rings is 1. The number of hydrogen-bond donors (Lipinski definition) is 3. The van der Waals surface area contributed by atoms with Crippen LogP contribution in [0.5, 0.6) is 11.5 Å². The third-order valence-electron chi connectivity index (χ3n) is 8.16. The predicted molar refractivity (Wildman–Crippen MR) is 195 cm³/mol. The molecule has 1 aromatic rings.